The van der Waals surface area contributed by atoms with Crippen LogP contribution in [0.15, 0.2) is 110 Å². The van der Waals surface area contributed by atoms with Gasteiger partial charge in [0.2, 0.25) is 5.91 Å². The Balaban J connectivity index is 1.41. The average molecular weight is 434 g/mol. The quantitative estimate of drug-likeness (QED) is 0.364. The third-order valence-corrected chi connectivity index (χ3v) is 5.33. The number of para-hydroxylation sites is 1. The van der Waals surface area contributed by atoms with E-state index in [1.807, 2.05) is 91.0 Å². The third-order valence-electron chi connectivity index (χ3n) is 5.33. The van der Waals surface area contributed by atoms with E-state index in [-0.39, 0.29) is 5.91 Å². The molecule has 0 aliphatic carbocycles. The summed E-state index contributed by atoms with van der Waals surface area (Å²) in [6.07, 6.45) is 3.05. The lowest BCUT2D eigenvalue weighted by Crippen LogP contribution is -2.24. The number of hydrogen-bond donors (Lipinski definition) is 1. The van der Waals surface area contributed by atoms with Crippen molar-refractivity contribution in [3.05, 3.63) is 110 Å². The second-order valence-electron chi connectivity index (χ2n) is 7.50. The first kappa shape index (κ1) is 20.3. The lowest BCUT2D eigenvalue weighted by Gasteiger charge is -2.22. The third kappa shape index (κ3) is 4.27. The molecule has 0 spiro atoms. The van der Waals surface area contributed by atoms with E-state index in [9.17, 15) is 4.79 Å². The number of rotatable bonds is 6. The number of fused-ring (bicyclic) bond motifs is 1. The highest BCUT2D eigenvalue weighted by atomic mass is 16.5. The van der Waals surface area contributed by atoms with Crippen LogP contribution in [0.3, 0.4) is 0 Å². The van der Waals surface area contributed by atoms with Gasteiger partial charge in [-0.1, -0.05) is 30.8 Å². The molecule has 1 aliphatic rings. The second-order valence-corrected chi connectivity index (χ2v) is 7.50. The van der Waals surface area contributed by atoms with E-state index in [1.54, 1.807) is 6.20 Å². The molecule has 2 heterocycles. The molecule has 0 saturated carbocycles. The van der Waals surface area contributed by atoms with Crippen LogP contribution >= 0.6 is 0 Å². The number of benzene rings is 3. The standard InChI is InChI=1S/C27H22N4O2/c1-2-26(32)29-20-8-6-9-22(18-20)30-19-31(27-25(30)12-7-17-28-27)21-13-15-24(16-14-21)33-23-10-4-3-5-11-23/h2-18H,1,19H2,(H,29,32). The van der Waals surface area contributed by atoms with Gasteiger partial charge in [-0.2, -0.15) is 0 Å². The molecule has 3 aromatic carbocycles. The SMILES string of the molecule is C=CC(=O)Nc1cccc(N2CN(c3ccc(Oc4ccccc4)cc3)c3ncccc32)c1. The Hall–Kier alpha value is -4.58. The number of nitrogens with zero attached hydrogens (tertiary/aromatic N) is 3. The first-order valence-electron chi connectivity index (χ1n) is 10.6. The Morgan fingerprint density at radius 3 is 2.45 bits per heavy atom. The van der Waals surface area contributed by atoms with Crippen LogP contribution < -0.4 is 19.9 Å². The summed E-state index contributed by atoms with van der Waals surface area (Å²) in [6.45, 7) is 4.10. The molecule has 162 valence electrons. The first-order chi connectivity index (χ1) is 16.2. The molecule has 1 aromatic heterocycles. The molecule has 5 rings (SSSR count). The fourth-order valence-corrected chi connectivity index (χ4v) is 3.78. The highest BCUT2D eigenvalue weighted by Gasteiger charge is 2.29. The number of nitrogens with one attached hydrogen (secondary N) is 1. The molecule has 4 aromatic rings. The molecule has 0 saturated heterocycles. The van der Waals surface area contributed by atoms with E-state index >= 15 is 0 Å². The van der Waals surface area contributed by atoms with Crippen LogP contribution in [0.4, 0.5) is 28.6 Å². The van der Waals surface area contributed by atoms with Crippen LogP contribution in [0.5, 0.6) is 11.5 Å². The van der Waals surface area contributed by atoms with Crippen LogP contribution in [0.2, 0.25) is 0 Å². The molecule has 1 aliphatic heterocycles. The average Bonchev–Trinajstić information content (AvgIpc) is 3.25. The minimum atomic E-state index is -0.241. The van der Waals surface area contributed by atoms with E-state index in [0.29, 0.717) is 12.4 Å². The van der Waals surface area contributed by atoms with Crippen molar-refractivity contribution < 1.29 is 9.53 Å². The highest BCUT2D eigenvalue weighted by molar-refractivity contribution is 5.99. The number of aromatic nitrogens is 1. The maximum Gasteiger partial charge on any atom is 0.247 e. The molecule has 0 fully saturated rings. The predicted molar refractivity (Wildman–Crippen MR) is 132 cm³/mol. The zero-order valence-electron chi connectivity index (χ0n) is 17.9. The number of hydrogen-bond acceptors (Lipinski definition) is 5. The number of carbonyl (C=O) groups excluding carboxylic acids is 1. The Morgan fingerprint density at radius 1 is 0.879 bits per heavy atom. The normalized spacial score (nSPS) is 12.2. The van der Waals surface area contributed by atoms with Crippen LogP contribution in [-0.2, 0) is 4.79 Å². The van der Waals surface area contributed by atoms with Crippen molar-refractivity contribution in [3.63, 3.8) is 0 Å². The van der Waals surface area contributed by atoms with Gasteiger partial charge in [0.05, 0.1) is 5.69 Å². The summed E-state index contributed by atoms with van der Waals surface area (Å²) in [7, 11) is 0. The zero-order chi connectivity index (χ0) is 22.6. The smallest absolute Gasteiger partial charge is 0.247 e. The summed E-state index contributed by atoms with van der Waals surface area (Å²) in [5.41, 5.74) is 3.67. The molecular weight excluding hydrogens is 412 g/mol. The van der Waals surface area contributed by atoms with Gasteiger partial charge in [0.15, 0.2) is 5.82 Å². The molecule has 6 heteroatoms. The molecule has 1 N–H and O–H groups in total. The summed E-state index contributed by atoms with van der Waals surface area (Å²) in [5, 5.41) is 2.82. The Morgan fingerprint density at radius 2 is 1.67 bits per heavy atom. The molecule has 33 heavy (non-hydrogen) atoms. The van der Waals surface area contributed by atoms with E-state index in [4.69, 9.17) is 4.74 Å². The van der Waals surface area contributed by atoms with Crippen molar-refractivity contribution in [1.82, 2.24) is 4.98 Å². The Bertz CT molecular complexity index is 1290. The molecule has 6 nitrogen and oxygen atoms in total. The lowest BCUT2D eigenvalue weighted by atomic mass is 10.2. The van der Waals surface area contributed by atoms with Gasteiger partial charge < -0.3 is 19.9 Å². The fraction of sp³-hybridized carbons (Fsp3) is 0.0370. The number of anilines is 5. The maximum absolute atomic E-state index is 11.7. The van der Waals surface area contributed by atoms with Crippen LogP contribution in [0.25, 0.3) is 0 Å². The van der Waals surface area contributed by atoms with Crippen molar-refractivity contribution in [2.24, 2.45) is 0 Å². The van der Waals surface area contributed by atoms with E-state index in [1.165, 1.54) is 6.08 Å². The van der Waals surface area contributed by atoms with Gasteiger partial charge in [-0.15, -0.1) is 0 Å². The molecular formula is C27H22N4O2. The topological polar surface area (TPSA) is 57.7 Å². The summed E-state index contributed by atoms with van der Waals surface area (Å²) in [4.78, 5) is 20.7. The zero-order valence-corrected chi connectivity index (χ0v) is 17.9. The number of carbonyl (C=O) groups is 1. The van der Waals surface area contributed by atoms with Crippen molar-refractivity contribution in [1.29, 1.82) is 0 Å². The van der Waals surface area contributed by atoms with Gasteiger partial charge in [0.25, 0.3) is 0 Å². The molecule has 0 bridgehead atoms. The van der Waals surface area contributed by atoms with E-state index in [0.717, 1.165) is 34.4 Å². The summed E-state index contributed by atoms with van der Waals surface area (Å²) in [5.74, 6) is 2.20. The summed E-state index contributed by atoms with van der Waals surface area (Å²) >= 11 is 0. The minimum Gasteiger partial charge on any atom is -0.457 e. The van der Waals surface area contributed by atoms with Gasteiger partial charge in [-0.05, 0) is 72.8 Å². The van der Waals surface area contributed by atoms with Crippen molar-refractivity contribution in [2.75, 3.05) is 21.8 Å². The van der Waals surface area contributed by atoms with Gasteiger partial charge in [0.1, 0.15) is 18.2 Å². The number of amides is 1. The molecule has 0 radical (unpaired) electrons. The van der Waals surface area contributed by atoms with Crippen LogP contribution in [0, 0.1) is 0 Å². The minimum absolute atomic E-state index is 0.241. The second kappa shape index (κ2) is 8.88. The van der Waals surface area contributed by atoms with Gasteiger partial charge in [0, 0.05) is 23.3 Å². The largest absolute Gasteiger partial charge is 0.457 e. The number of pyridine rings is 1. The fourth-order valence-electron chi connectivity index (χ4n) is 3.78. The summed E-state index contributed by atoms with van der Waals surface area (Å²) in [6, 6.07) is 29.4. The van der Waals surface area contributed by atoms with E-state index in [2.05, 4.69) is 26.7 Å². The van der Waals surface area contributed by atoms with E-state index < -0.39 is 0 Å². The summed E-state index contributed by atoms with van der Waals surface area (Å²) < 4.78 is 5.92. The maximum atomic E-state index is 11.7. The van der Waals surface area contributed by atoms with Crippen molar-refractivity contribution in [2.45, 2.75) is 0 Å². The highest BCUT2D eigenvalue weighted by Crippen LogP contribution is 2.43. The monoisotopic (exact) mass is 434 g/mol. The molecule has 0 unspecified atom stereocenters. The number of ether oxygens (including phenoxy) is 1. The first-order valence-corrected chi connectivity index (χ1v) is 10.6. The molecule has 1 amide bonds. The van der Waals surface area contributed by atoms with Crippen LogP contribution in [0.1, 0.15) is 0 Å². The van der Waals surface area contributed by atoms with Crippen molar-refractivity contribution >= 4 is 34.5 Å². The van der Waals surface area contributed by atoms with Gasteiger partial charge in [-0.3, -0.25) is 4.79 Å². The van der Waals surface area contributed by atoms with Crippen molar-refractivity contribution in [3.8, 4) is 11.5 Å². The predicted octanol–water partition coefficient (Wildman–Crippen LogP) is 6.25. The van der Waals surface area contributed by atoms with Crippen LogP contribution in [-0.4, -0.2) is 17.6 Å². The Labute approximate surface area is 192 Å². The Kier molecular flexibility index (Phi) is 5.47. The molecule has 0 atom stereocenters. The lowest BCUT2D eigenvalue weighted by molar-refractivity contribution is -0.111. The van der Waals surface area contributed by atoms with Gasteiger partial charge >= 0.3 is 0 Å². The van der Waals surface area contributed by atoms with Gasteiger partial charge in [-0.25, -0.2) is 4.98 Å².